The molecule has 0 aliphatic heterocycles. The van der Waals surface area contributed by atoms with E-state index in [1.54, 1.807) is 19.1 Å². The number of nitrogens with zero attached hydrogens (tertiary/aromatic N) is 1. The highest BCUT2D eigenvalue weighted by Crippen LogP contribution is 2.04. The number of carbonyl (C=O) groups excluding carboxylic acids is 1. The average molecular weight is 275 g/mol. The molecule has 0 aromatic carbocycles. The smallest absolute Gasteiger partial charge is 0.303 e. The summed E-state index contributed by atoms with van der Waals surface area (Å²) in [6.07, 6.45) is 2.45. The topological polar surface area (TPSA) is 76.1 Å². The second kappa shape index (κ2) is 11.9. The maximum atomic E-state index is 12.0. The van der Waals surface area contributed by atoms with E-state index in [2.05, 4.69) is 0 Å². The number of methoxy groups -OCH3 is 2. The van der Waals surface area contributed by atoms with Gasteiger partial charge in [-0.1, -0.05) is 0 Å². The molecule has 0 spiro atoms. The number of ether oxygens (including phenoxy) is 2. The van der Waals surface area contributed by atoms with Crippen LogP contribution in [0.5, 0.6) is 0 Å². The van der Waals surface area contributed by atoms with Gasteiger partial charge in [-0.05, 0) is 19.3 Å². The molecule has 0 bridgehead atoms. The summed E-state index contributed by atoms with van der Waals surface area (Å²) in [5.74, 6) is -0.762. The molecule has 19 heavy (non-hydrogen) atoms. The van der Waals surface area contributed by atoms with Crippen molar-refractivity contribution >= 4 is 11.9 Å². The molecular weight excluding hydrogens is 250 g/mol. The first-order chi connectivity index (χ1) is 9.11. The Morgan fingerprint density at radius 3 is 2.16 bits per heavy atom. The van der Waals surface area contributed by atoms with Gasteiger partial charge in [-0.2, -0.15) is 0 Å². The molecule has 0 atom stereocenters. The molecule has 112 valence electrons. The van der Waals surface area contributed by atoms with Gasteiger partial charge in [0.25, 0.3) is 0 Å². The van der Waals surface area contributed by atoms with E-state index in [1.807, 2.05) is 0 Å². The molecule has 0 fully saturated rings. The zero-order chi connectivity index (χ0) is 14.5. The molecular formula is C13H25NO5. The highest BCUT2D eigenvalue weighted by Gasteiger charge is 2.12. The van der Waals surface area contributed by atoms with Crippen molar-refractivity contribution in [2.75, 3.05) is 40.5 Å². The van der Waals surface area contributed by atoms with E-state index in [0.29, 0.717) is 45.6 Å². The normalized spacial score (nSPS) is 10.4. The molecule has 0 unspecified atom stereocenters. The SMILES string of the molecule is COCCCN(CCOC)C(=O)CCCCC(=O)O. The van der Waals surface area contributed by atoms with E-state index in [-0.39, 0.29) is 12.3 Å². The van der Waals surface area contributed by atoms with Crippen LogP contribution in [0.3, 0.4) is 0 Å². The van der Waals surface area contributed by atoms with Gasteiger partial charge in [-0.25, -0.2) is 0 Å². The lowest BCUT2D eigenvalue weighted by atomic mass is 10.2. The zero-order valence-electron chi connectivity index (χ0n) is 11.9. The summed E-state index contributed by atoms with van der Waals surface area (Å²) in [7, 11) is 3.23. The second-order valence-corrected chi connectivity index (χ2v) is 4.32. The number of rotatable bonds is 12. The van der Waals surface area contributed by atoms with Crippen LogP contribution in [0.15, 0.2) is 0 Å². The minimum Gasteiger partial charge on any atom is -0.481 e. The van der Waals surface area contributed by atoms with Crippen LogP contribution in [0.4, 0.5) is 0 Å². The molecule has 0 rings (SSSR count). The predicted octanol–water partition coefficient (Wildman–Crippen LogP) is 1.14. The summed E-state index contributed by atoms with van der Waals surface area (Å²) in [6, 6.07) is 0. The Morgan fingerprint density at radius 2 is 1.58 bits per heavy atom. The van der Waals surface area contributed by atoms with Crippen molar-refractivity contribution in [2.24, 2.45) is 0 Å². The van der Waals surface area contributed by atoms with Crippen molar-refractivity contribution in [3.8, 4) is 0 Å². The van der Waals surface area contributed by atoms with Crippen LogP contribution in [-0.4, -0.2) is 62.4 Å². The van der Waals surface area contributed by atoms with Crippen LogP contribution < -0.4 is 0 Å². The molecule has 0 radical (unpaired) electrons. The lowest BCUT2D eigenvalue weighted by Crippen LogP contribution is -2.35. The largest absolute Gasteiger partial charge is 0.481 e. The third kappa shape index (κ3) is 10.5. The minimum atomic E-state index is -0.816. The van der Waals surface area contributed by atoms with Crippen molar-refractivity contribution in [3.63, 3.8) is 0 Å². The van der Waals surface area contributed by atoms with Gasteiger partial charge >= 0.3 is 5.97 Å². The van der Waals surface area contributed by atoms with Crippen LogP contribution in [0.1, 0.15) is 32.1 Å². The Bertz CT molecular complexity index is 257. The molecule has 6 nitrogen and oxygen atoms in total. The summed E-state index contributed by atoms with van der Waals surface area (Å²) in [5.41, 5.74) is 0. The Labute approximate surface area is 114 Å². The Balaban J connectivity index is 3.95. The molecule has 1 N–H and O–H groups in total. The van der Waals surface area contributed by atoms with Crippen LogP contribution in [0.2, 0.25) is 0 Å². The van der Waals surface area contributed by atoms with Crippen LogP contribution in [-0.2, 0) is 19.1 Å². The number of carbonyl (C=O) groups is 2. The first-order valence-corrected chi connectivity index (χ1v) is 6.59. The summed E-state index contributed by atoms with van der Waals surface area (Å²) >= 11 is 0. The fourth-order valence-corrected chi connectivity index (χ4v) is 1.67. The van der Waals surface area contributed by atoms with Gasteiger partial charge < -0.3 is 19.5 Å². The number of hydrogen-bond donors (Lipinski definition) is 1. The van der Waals surface area contributed by atoms with E-state index in [4.69, 9.17) is 14.6 Å². The molecule has 0 aliphatic rings. The predicted molar refractivity (Wildman–Crippen MR) is 71.1 cm³/mol. The number of amides is 1. The Hall–Kier alpha value is -1.14. The summed E-state index contributed by atoms with van der Waals surface area (Å²) in [5, 5.41) is 8.52. The van der Waals surface area contributed by atoms with Gasteiger partial charge in [-0.3, -0.25) is 9.59 Å². The van der Waals surface area contributed by atoms with E-state index >= 15 is 0 Å². The average Bonchev–Trinajstić information content (AvgIpc) is 2.38. The van der Waals surface area contributed by atoms with Gasteiger partial charge in [0, 0.05) is 46.8 Å². The fraction of sp³-hybridized carbons (Fsp3) is 0.846. The number of unbranched alkanes of at least 4 members (excludes halogenated alkanes) is 1. The molecule has 0 aromatic heterocycles. The van der Waals surface area contributed by atoms with Crippen molar-refractivity contribution in [3.05, 3.63) is 0 Å². The molecule has 0 saturated heterocycles. The molecule has 6 heteroatoms. The van der Waals surface area contributed by atoms with Gasteiger partial charge in [0.05, 0.1) is 6.61 Å². The zero-order valence-corrected chi connectivity index (χ0v) is 11.9. The van der Waals surface area contributed by atoms with E-state index in [0.717, 1.165) is 6.42 Å². The lowest BCUT2D eigenvalue weighted by Gasteiger charge is -2.22. The summed E-state index contributed by atoms with van der Waals surface area (Å²) in [4.78, 5) is 24.1. The fourth-order valence-electron chi connectivity index (χ4n) is 1.67. The first kappa shape index (κ1) is 17.9. The number of aliphatic carboxylic acids is 1. The number of carboxylic acids is 1. The van der Waals surface area contributed by atoms with E-state index in [9.17, 15) is 9.59 Å². The van der Waals surface area contributed by atoms with Gasteiger partial charge in [-0.15, -0.1) is 0 Å². The minimum absolute atomic E-state index is 0.0542. The molecule has 0 saturated carbocycles. The van der Waals surface area contributed by atoms with Gasteiger partial charge in [0.15, 0.2) is 0 Å². The third-order valence-corrected chi connectivity index (χ3v) is 2.73. The maximum Gasteiger partial charge on any atom is 0.303 e. The van der Waals surface area contributed by atoms with Crippen LogP contribution in [0.25, 0.3) is 0 Å². The molecule has 0 aromatic rings. The van der Waals surface area contributed by atoms with E-state index < -0.39 is 5.97 Å². The van der Waals surface area contributed by atoms with Crippen LogP contribution >= 0.6 is 0 Å². The Kier molecular flexibility index (Phi) is 11.2. The van der Waals surface area contributed by atoms with Crippen molar-refractivity contribution in [2.45, 2.75) is 32.1 Å². The monoisotopic (exact) mass is 275 g/mol. The molecule has 0 aliphatic carbocycles. The van der Waals surface area contributed by atoms with Gasteiger partial charge in [0.2, 0.25) is 5.91 Å². The van der Waals surface area contributed by atoms with Crippen molar-refractivity contribution in [1.82, 2.24) is 4.90 Å². The van der Waals surface area contributed by atoms with Gasteiger partial charge in [0.1, 0.15) is 0 Å². The summed E-state index contributed by atoms with van der Waals surface area (Å²) < 4.78 is 9.95. The lowest BCUT2D eigenvalue weighted by molar-refractivity contribution is -0.137. The van der Waals surface area contributed by atoms with Crippen molar-refractivity contribution in [1.29, 1.82) is 0 Å². The highest BCUT2D eigenvalue weighted by molar-refractivity contribution is 5.76. The number of hydrogen-bond acceptors (Lipinski definition) is 4. The quantitative estimate of drug-likeness (QED) is 0.541. The van der Waals surface area contributed by atoms with Crippen LogP contribution in [0, 0.1) is 0 Å². The second-order valence-electron chi connectivity index (χ2n) is 4.32. The maximum absolute atomic E-state index is 12.0. The standard InChI is InChI=1S/C13H25NO5/c1-18-10-5-8-14(9-11-19-2)12(15)6-3-4-7-13(16)17/h3-11H2,1-2H3,(H,16,17). The third-order valence-electron chi connectivity index (χ3n) is 2.73. The van der Waals surface area contributed by atoms with Crippen molar-refractivity contribution < 1.29 is 24.2 Å². The Morgan fingerprint density at radius 1 is 0.947 bits per heavy atom. The highest BCUT2D eigenvalue weighted by atomic mass is 16.5. The van der Waals surface area contributed by atoms with E-state index in [1.165, 1.54) is 0 Å². The summed E-state index contributed by atoms with van der Waals surface area (Å²) in [6.45, 7) is 2.34. The number of carboxylic acid groups (broad SMARTS) is 1. The molecule has 0 heterocycles. The first-order valence-electron chi connectivity index (χ1n) is 6.59. The molecule has 1 amide bonds.